The smallest absolute Gasteiger partial charge is 0.236 e. The Bertz CT molecular complexity index is 1370. The highest BCUT2D eigenvalue weighted by molar-refractivity contribution is 7.89. The molecule has 0 fully saturated rings. The molecule has 0 saturated carbocycles. The van der Waals surface area contributed by atoms with Crippen LogP contribution in [-0.2, 0) is 16.6 Å². The molecule has 28 heavy (non-hydrogen) atoms. The first kappa shape index (κ1) is 18.1. The van der Waals surface area contributed by atoms with Crippen LogP contribution in [0.4, 0.5) is 0 Å². The maximum absolute atomic E-state index is 12.1. The Balaban J connectivity index is 2.07. The number of ether oxygens (including phenoxy) is 1. The summed E-state index contributed by atoms with van der Waals surface area (Å²) in [6.45, 7) is 2.67. The third-order valence-corrected chi connectivity index (χ3v) is 6.02. The van der Waals surface area contributed by atoms with E-state index in [0.717, 1.165) is 33.3 Å². The first-order valence-corrected chi connectivity index (χ1v) is 10.7. The number of hydrogen-bond donors (Lipinski definition) is 0. The third-order valence-electron chi connectivity index (χ3n) is 4.99. The van der Waals surface area contributed by atoms with Crippen molar-refractivity contribution in [3.8, 4) is 23.1 Å². The van der Waals surface area contributed by atoms with Crippen molar-refractivity contribution >= 4 is 31.8 Å². The molecule has 0 N–H and O–H groups in total. The van der Waals surface area contributed by atoms with Crippen molar-refractivity contribution in [2.75, 3.05) is 13.4 Å². The van der Waals surface area contributed by atoms with Crippen molar-refractivity contribution in [2.24, 2.45) is 0 Å². The van der Waals surface area contributed by atoms with Crippen LogP contribution in [0.1, 0.15) is 12.5 Å². The summed E-state index contributed by atoms with van der Waals surface area (Å²) in [5.74, 6) is 0.720. The molecule has 0 saturated heterocycles. The Morgan fingerprint density at radius 2 is 1.89 bits per heavy atom. The fourth-order valence-electron chi connectivity index (χ4n) is 3.74. The van der Waals surface area contributed by atoms with Gasteiger partial charge in [0.15, 0.2) is 0 Å². The first-order valence-electron chi connectivity index (χ1n) is 8.81. The van der Waals surface area contributed by atoms with Crippen molar-refractivity contribution < 1.29 is 13.2 Å². The van der Waals surface area contributed by atoms with Crippen LogP contribution in [0.2, 0.25) is 0 Å². The minimum absolute atomic E-state index is 0.566. The standard InChI is InChI=1S/C21H19N3O3S/c1-4-23-20-12-16(27-2)7-8-17(20)18(13-22)21(23)15-6-5-14-9-10-24(19(14)11-15)28(3,25)26/h5-12H,4H2,1-3H3. The zero-order valence-electron chi connectivity index (χ0n) is 15.8. The predicted octanol–water partition coefficient (Wildman–Crippen LogP) is 3.97. The number of nitrogens with zero attached hydrogens (tertiary/aromatic N) is 3. The largest absolute Gasteiger partial charge is 0.497 e. The van der Waals surface area contributed by atoms with Gasteiger partial charge in [0.25, 0.3) is 0 Å². The lowest BCUT2D eigenvalue weighted by Gasteiger charge is -2.10. The van der Waals surface area contributed by atoms with Crippen LogP contribution in [0.3, 0.4) is 0 Å². The molecule has 142 valence electrons. The molecule has 6 nitrogen and oxygen atoms in total. The lowest BCUT2D eigenvalue weighted by molar-refractivity contribution is 0.415. The quantitative estimate of drug-likeness (QED) is 0.526. The van der Waals surface area contributed by atoms with E-state index in [1.54, 1.807) is 19.4 Å². The number of rotatable bonds is 4. The van der Waals surface area contributed by atoms with E-state index in [0.29, 0.717) is 17.6 Å². The van der Waals surface area contributed by atoms with E-state index >= 15 is 0 Å². The van der Waals surface area contributed by atoms with Crippen molar-refractivity contribution in [1.82, 2.24) is 8.54 Å². The molecule has 0 spiro atoms. The average molecular weight is 393 g/mol. The summed E-state index contributed by atoms with van der Waals surface area (Å²) in [5.41, 5.74) is 3.64. The van der Waals surface area contributed by atoms with Gasteiger partial charge in [-0.05, 0) is 31.2 Å². The number of hydrogen-bond acceptors (Lipinski definition) is 4. The normalized spacial score (nSPS) is 11.8. The molecule has 2 heterocycles. The summed E-state index contributed by atoms with van der Waals surface area (Å²) in [4.78, 5) is 0. The van der Waals surface area contributed by atoms with Crippen LogP contribution in [0, 0.1) is 11.3 Å². The molecule has 0 amide bonds. The van der Waals surface area contributed by atoms with Gasteiger partial charge in [0, 0.05) is 35.1 Å². The van der Waals surface area contributed by atoms with Gasteiger partial charge in [-0.1, -0.05) is 12.1 Å². The van der Waals surface area contributed by atoms with Crippen LogP contribution in [0.25, 0.3) is 33.1 Å². The van der Waals surface area contributed by atoms with Gasteiger partial charge in [0.2, 0.25) is 10.0 Å². The average Bonchev–Trinajstić information content (AvgIpc) is 3.24. The molecule has 0 bridgehead atoms. The number of methoxy groups -OCH3 is 1. The molecule has 0 aliphatic heterocycles. The lowest BCUT2D eigenvalue weighted by atomic mass is 10.0. The van der Waals surface area contributed by atoms with Crippen LogP contribution in [0.15, 0.2) is 48.7 Å². The number of aromatic nitrogens is 2. The Hall–Kier alpha value is -3.24. The number of benzene rings is 2. The summed E-state index contributed by atoms with van der Waals surface area (Å²) >= 11 is 0. The van der Waals surface area contributed by atoms with Crippen LogP contribution < -0.4 is 4.74 Å². The van der Waals surface area contributed by atoms with E-state index < -0.39 is 10.0 Å². The summed E-state index contributed by atoms with van der Waals surface area (Å²) in [6, 6.07) is 15.4. The highest BCUT2D eigenvalue weighted by atomic mass is 32.2. The fourth-order valence-corrected chi connectivity index (χ4v) is 4.54. The van der Waals surface area contributed by atoms with Gasteiger partial charge >= 0.3 is 0 Å². The summed E-state index contributed by atoms with van der Waals surface area (Å²) in [6.07, 6.45) is 2.73. The van der Waals surface area contributed by atoms with Crippen molar-refractivity contribution in [1.29, 1.82) is 5.26 Å². The first-order chi connectivity index (χ1) is 13.4. The zero-order valence-corrected chi connectivity index (χ0v) is 16.6. The molecule has 0 atom stereocenters. The maximum atomic E-state index is 12.1. The molecular weight excluding hydrogens is 374 g/mol. The predicted molar refractivity (Wildman–Crippen MR) is 110 cm³/mol. The van der Waals surface area contributed by atoms with E-state index in [1.165, 1.54) is 10.2 Å². The molecule has 0 aliphatic carbocycles. The molecule has 0 aliphatic rings. The highest BCUT2D eigenvalue weighted by Crippen LogP contribution is 2.36. The number of aryl methyl sites for hydroxylation is 1. The van der Waals surface area contributed by atoms with Gasteiger partial charge in [0.1, 0.15) is 11.8 Å². The Morgan fingerprint density at radius 1 is 1.11 bits per heavy atom. The Morgan fingerprint density at radius 3 is 2.54 bits per heavy atom. The van der Waals surface area contributed by atoms with Gasteiger partial charge in [-0.3, -0.25) is 0 Å². The van der Waals surface area contributed by atoms with Crippen LogP contribution in [0.5, 0.6) is 5.75 Å². The topological polar surface area (TPSA) is 77.0 Å². The van der Waals surface area contributed by atoms with Crippen molar-refractivity contribution in [2.45, 2.75) is 13.5 Å². The molecule has 2 aromatic carbocycles. The SMILES string of the molecule is CCn1c(-c2ccc3ccn(S(C)(=O)=O)c3c2)c(C#N)c2ccc(OC)cc21. The molecule has 0 radical (unpaired) electrons. The fraction of sp³-hybridized carbons (Fsp3) is 0.190. The second-order valence-electron chi connectivity index (χ2n) is 6.61. The number of nitriles is 1. The minimum Gasteiger partial charge on any atom is -0.497 e. The molecule has 7 heteroatoms. The number of fused-ring (bicyclic) bond motifs is 2. The van der Waals surface area contributed by atoms with Gasteiger partial charge in [-0.2, -0.15) is 5.26 Å². The van der Waals surface area contributed by atoms with E-state index in [-0.39, 0.29) is 0 Å². The van der Waals surface area contributed by atoms with Crippen molar-refractivity contribution in [3.05, 3.63) is 54.2 Å². The molecule has 4 rings (SSSR count). The second kappa shape index (κ2) is 6.43. The lowest BCUT2D eigenvalue weighted by Crippen LogP contribution is -2.08. The zero-order chi connectivity index (χ0) is 20.1. The van der Waals surface area contributed by atoms with E-state index in [4.69, 9.17) is 4.74 Å². The molecule has 0 unspecified atom stereocenters. The van der Waals surface area contributed by atoms with Crippen LogP contribution >= 0.6 is 0 Å². The highest BCUT2D eigenvalue weighted by Gasteiger charge is 2.20. The maximum Gasteiger partial charge on any atom is 0.236 e. The van der Waals surface area contributed by atoms with E-state index in [1.807, 2.05) is 43.3 Å². The van der Waals surface area contributed by atoms with Crippen molar-refractivity contribution in [3.63, 3.8) is 0 Å². The van der Waals surface area contributed by atoms with Gasteiger partial charge in [0.05, 0.1) is 35.7 Å². The third kappa shape index (κ3) is 2.65. The van der Waals surface area contributed by atoms with E-state index in [2.05, 4.69) is 10.6 Å². The van der Waals surface area contributed by atoms with Gasteiger partial charge in [-0.25, -0.2) is 12.4 Å². The second-order valence-corrected chi connectivity index (χ2v) is 8.47. The van der Waals surface area contributed by atoms with Gasteiger partial charge in [-0.15, -0.1) is 0 Å². The monoisotopic (exact) mass is 393 g/mol. The molecule has 2 aromatic heterocycles. The summed E-state index contributed by atoms with van der Waals surface area (Å²) in [7, 11) is -1.81. The Labute approximate surface area is 163 Å². The summed E-state index contributed by atoms with van der Waals surface area (Å²) < 4.78 is 32.9. The Kier molecular flexibility index (Phi) is 4.16. The van der Waals surface area contributed by atoms with Gasteiger partial charge < -0.3 is 9.30 Å². The van der Waals surface area contributed by atoms with Crippen LogP contribution in [-0.4, -0.2) is 30.3 Å². The molecular formula is C21H19N3O3S. The summed E-state index contributed by atoms with van der Waals surface area (Å²) in [5, 5.41) is 11.5. The minimum atomic E-state index is -3.42. The molecule has 4 aromatic rings. The van der Waals surface area contributed by atoms with E-state index in [9.17, 15) is 13.7 Å².